The summed E-state index contributed by atoms with van der Waals surface area (Å²) in [6.07, 6.45) is 2.15. The molecule has 1 nitrogen and oxygen atoms in total. The second-order valence-corrected chi connectivity index (χ2v) is 2.36. The highest BCUT2D eigenvalue weighted by Gasteiger charge is 2.10. The topological polar surface area (TPSA) is 26.0 Å². The third kappa shape index (κ3) is 17.8. The van der Waals surface area contributed by atoms with E-state index in [1.807, 2.05) is 27.7 Å². The van der Waals surface area contributed by atoms with Crippen molar-refractivity contribution in [1.82, 2.24) is 0 Å². The lowest BCUT2D eigenvalue weighted by Crippen LogP contribution is -2.33. The van der Waals surface area contributed by atoms with Crippen LogP contribution in [-0.4, -0.2) is 5.54 Å². The van der Waals surface area contributed by atoms with Crippen LogP contribution in [0.25, 0.3) is 0 Å². The van der Waals surface area contributed by atoms with E-state index in [2.05, 4.69) is 20.8 Å². The quantitative estimate of drug-likeness (QED) is 0.658. The highest BCUT2D eigenvalue weighted by Crippen LogP contribution is 2.07. The van der Waals surface area contributed by atoms with Crippen molar-refractivity contribution in [2.45, 2.75) is 66.8 Å². The zero-order chi connectivity index (χ0) is 9.91. The molecule has 0 saturated carbocycles. The Morgan fingerprint density at radius 1 is 0.909 bits per heavy atom. The Kier molecular flexibility index (Phi) is 19.7. The first-order valence-electron chi connectivity index (χ1n) is 4.91. The molecule has 0 aromatic rings. The van der Waals surface area contributed by atoms with Gasteiger partial charge >= 0.3 is 0 Å². The Hall–Kier alpha value is -0.0400. The number of hydrogen-bond donors (Lipinski definition) is 1. The van der Waals surface area contributed by atoms with Crippen molar-refractivity contribution in [3.05, 3.63) is 0 Å². The summed E-state index contributed by atoms with van der Waals surface area (Å²) in [6, 6.07) is 0. The van der Waals surface area contributed by atoms with Crippen molar-refractivity contribution >= 4 is 0 Å². The van der Waals surface area contributed by atoms with Gasteiger partial charge in [0.05, 0.1) is 0 Å². The maximum Gasteiger partial charge on any atom is 0.0120 e. The largest absolute Gasteiger partial charge is 0.325 e. The summed E-state index contributed by atoms with van der Waals surface area (Å²) in [4.78, 5) is 0. The van der Waals surface area contributed by atoms with E-state index in [9.17, 15) is 0 Å². The van der Waals surface area contributed by atoms with Gasteiger partial charge in [-0.3, -0.25) is 0 Å². The Balaban J connectivity index is -0.000000138. The van der Waals surface area contributed by atoms with Gasteiger partial charge in [-0.2, -0.15) is 0 Å². The highest BCUT2D eigenvalue weighted by atomic mass is 14.7. The van der Waals surface area contributed by atoms with E-state index in [1.165, 1.54) is 0 Å². The first kappa shape index (κ1) is 17.2. The second kappa shape index (κ2) is 12.6. The van der Waals surface area contributed by atoms with E-state index in [-0.39, 0.29) is 5.54 Å². The Labute approximate surface area is 73.4 Å². The summed E-state index contributed by atoms with van der Waals surface area (Å²) in [5.41, 5.74) is 5.80. The van der Waals surface area contributed by atoms with Crippen molar-refractivity contribution in [2.24, 2.45) is 5.73 Å². The molecule has 72 valence electrons. The number of rotatable bonds is 2. The third-order valence-corrected chi connectivity index (χ3v) is 1.62. The average Bonchev–Trinajstić information content (AvgIpc) is 2.12. The van der Waals surface area contributed by atoms with Crippen molar-refractivity contribution in [3.63, 3.8) is 0 Å². The van der Waals surface area contributed by atoms with Gasteiger partial charge in [0.2, 0.25) is 0 Å². The van der Waals surface area contributed by atoms with Gasteiger partial charge in [-0.15, -0.1) is 0 Å². The molecular formula is C10H27N. The summed E-state index contributed by atoms with van der Waals surface area (Å²) in [5, 5.41) is 0. The predicted molar refractivity (Wildman–Crippen MR) is 55.9 cm³/mol. The van der Waals surface area contributed by atoms with Gasteiger partial charge in [0, 0.05) is 5.54 Å². The standard InChI is InChI=1S/C6H15N.2C2H6/c1-4-6(3,7)5-2;2*1-2/h4-5,7H2,1-3H3;2*1-2H3. The fourth-order valence-electron chi connectivity index (χ4n) is 0.250. The van der Waals surface area contributed by atoms with Gasteiger partial charge in [-0.25, -0.2) is 0 Å². The lowest BCUT2D eigenvalue weighted by Gasteiger charge is -2.18. The minimum Gasteiger partial charge on any atom is -0.325 e. The van der Waals surface area contributed by atoms with E-state index in [4.69, 9.17) is 5.73 Å². The lowest BCUT2D eigenvalue weighted by atomic mass is 9.98. The summed E-state index contributed by atoms with van der Waals surface area (Å²) in [5.74, 6) is 0. The van der Waals surface area contributed by atoms with Crippen LogP contribution in [0.3, 0.4) is 0 Å². The fourth-order valence-corrected chi connectivity index (χ4v) is 0.250. The number of nitrogens with two attached hydrogens (primary N) is 1. The van der Waals surface area contributed by atoms with Crippen LogP contribution in [-0.2, 0) is 0 Å². The molecule has 0 atom stereocenters. The van der Waals surface area contributed by atoms with E-state index < -0.39 is 0 Å². The SMILES string of the molecule is CC.CC.CCC(C)(N)CC. The summed E-state index contributed by atoms with van der Waals surface area (Å²) >= 11 is 0. The molecule has 0 aliphatic rings. The van der Waals surface area contributed by atoms with Gasteiger partial charge in [0.25, 0.3) is 0 Å². The molecule has 0 amide bonds. The first-order chi connectivity index (χ1) is 5.12. The van der Waals surface area contributed by atoms with Gasteiger partial charge in [-0.1, -0.05) is 41.5 Å². The summed E-state index contributed by atoms with van der Waals surface area (Å²) in [7, 11) is 0. The zero-order valence-electron chi connectivity index (χ0n) is 9.49. The first-order valence-corrected chi connectivity index (χ1v) is 4.91. The van der Waals surface area contributed by atoms with Crippen LogP contribution in [0.15, 0.2) is 0 Å². The molecule has 1 heteroatoms. The summed E-state index contributed by atoms with van der Waals surface area (Å²) in [6.45, 7) is 14.3. The Bertz CT molecular complexity index is 42.8. The van der Waals surface area contributed by atoms with Crippen LogP contribution in [0.5, 0.6) is 0 Å². The Morgan fingerprint density at radius 2 is 1.09 bits per heavy atom. The van der Waals surface area contributed by atoms with Crippen molar-refractivity contribution < 1.29 is 0 Å². The normalized spacial score (nSPS) is 8.73. The minimum absolute atomic E-state index is 0.0833. The lowest BCUT2D eigenvalue weighted by molar-refractivity contribution is 0.437. The van der Waals surface area contributed by atoms with Crippen LogP contribution in [0.2, 0.25) is 0 Å². The molecule has 0 spiro atoms. The van der Waals surface area contributed by atoms with E-state index in [0.717, 1.165) is 12.8 Å². The van der Waals surface area contributed by atoms with Gasteiger partial charge in [0.1, 0.15) is 0 Å². The van der Waals surface area contributed by atoms with E-state index in [0.29, 0.717) is 0 Å². The van der Waals surface area contributed by atoms with Crippen LogP contribution >= 0.6 is 0 Å². The molecule has 2 N–H and O–H groups in total. The van der Waals surface area contributed by atoms with Gasteiger partial charge < -0.3 is 5.73 Å². The molecule has 0 saturated heterocycles. The molecule has 0 unspecified atom stereocenters. The Morgan fingerprint density at radius 3 is 1.09 bits per heavy atom. The molecule has 11 heavy (non-hydrogen) atoms. The van der Waals surface area contributed by atoms with Gasteiger partial charge in [-0.05, 0) is 19.8 Å². The van der Waals surface area contributed by atoms with Gasteiger partial charge in [0.15, 0.2) is 0 Å². The maximum absolute atomic E-state index is 5.72. The maximum atomic E-state index is 5.72. The monoisotopic (exact) mass is 161 g/mol. The minimum atomic E-state index is 0.0833. The molecule has 0 bridgehead atoms. The van der Waals surface area contributed by atoms with E-state index in [1.54, 1.807) is 0 Å². The van der Waals surface area contributed by atoms with Crippen LogP contribution < -0.4 is 5.73 Å². The van der Waals surface area contributed by atoms with E-state index >= 15 is 0 Å². The van der Waals surface area contributed by atoms with Crippen molar-refractivity contribution in [1.29, 1.82) is 0 Å². The molecule has 0 fully saturated rings. The van der Waals surface area contributed by atoms with Crippen molar-refractivity contribution in [2.75, 3.05) is 0 Å². The van der Waals surface area contributed by atoms with Crippen LogP contribution in [0.1, 0.15) is 61.3 Å². The molecule has 0 aromatic heterocycles. The van der Waals surface area contributed by atoms with Crippen LogP contribution in [0.4, 0.5) is 0 Å². The molecule has 0 rings (SSSR count). The number of hydrogen-bond acceptors (Lipinski definition) is 1. The zero-order valence-corrected chi connectivity index (χ0v) is 9.49. The summed E-state index contributed by atoms with van der Waals surface area (Å²) < 4.78 is 0. The average molecular weight is 161 g/mol. The molecule has 0 aliphatic carbocycles. The second-order valence-electron chi connectivity index (χ2n) is 2.36. The third-order valence-electron chi connectivity index (χ3n) is 1.62. The highest BCUT2D eigenvalue weighted by molar-refractivity contribution is 4.72. The molecular weight excluding hydrogens is 134 g/mol. The fraction of sp³-hybridized carbons (Fsp3) is 1.00. The smallest absolute Gasteiger partial charge is 0.0120 e. The molecule has 0 radical (unpaired) electrons. The van der Waals surface area contributed by atoms with Crippen LogP contribution in [0, 0.1) is 0 Å². The molecule has 0 aromatic carbocycles. The molecule has 0 heterocycles. The van der Waals surface area contributed by atoms with Crippen molar-refractivity contribution in [3.8, 4) is 0 Å². The predicted octanol–water partition coefficient (Wildman–Crippen LogP) is 3.58. The molecule has 0 aliphatic heterocycles.